The van der Waals surface area contributed by atoms with Crippen molar-refractivity contribution in [2.45, 2.75) is 30.3 Å². The van der Waals surface area contributed by atoms with Crippen LogP contribution < -0.4 is 10.0 Å². The molecular formula is C13H15N3O2S2. The number of hydrogen-bond donors (Lipinski definition) is 2. The number of aromatic nitrogens is 1. The van der Waals surface area contributed by atoms with E-state index in [0.29, 0.717) is 17.1 Å². The molecule has 2 aromatic rings. The van der Waals surface area contributed by atoms with Crippen molar-refractivity contribution in [3.8, 4) is 0 Å². The molecule has 1 aromatic carbocycles. The maximum Gasteiger partial charge on any atom is 0.242 e. The van der Waals surface area contributed by atoms with E-state index >= 15 is 0 Å². The summed E-state index contributed by atoms with van der Waals surface area (Å²) in [7, 11) is -3.45. The van der Waals surface area contributed by atoms with Gasteiger partial charge in [0.05, 0.1) is 12.2 Å². The Morgan fingerprint density at radius 1 is 1.30 bits per heavy atom. The molecule has 1 aliphatic carbocycles. The van der Waals surface area contributed by atoms with E-state index in [0.717, 1.165) is 17.8 Å². The third kappa shape index (κ3) is 3.17. The summed E-state index contributed by atoms with van der Waals surface area (Å²) in [5.74, 6) is 0. The van der Waals surface area contributed by atoms with Gasteiger partial charge in [-0.1, -0.05) is 12.1 Å². The largest absolute Gasteiger partial charge is 0.377 e. The Kier molecular flexibility index (Phi) is 3.73. The third-order valence-electron chi connectivity index (χ3n) is 2.99. The highest BCUT2D eigenvalue weighted by Gasteiger charge is 2.29. The standard InChI is InChI=1S/C13H15N3O2S2/c17-20(18,16-10-5-6-10)12-4-2-1-3-11(12)15-9-13-14-7-8-19-13/h1-4,7-8,10,15-16H,5-6,9H2. The number of nitrogens with one attached hydrogen (secondary N) is 2. The molecule has 1 aromatic heterocycles. The molecule has 0 bridgehead atoms. The maximum absolute atomic E-state index is 12.3. The van der Waals surface area contributed by atoms with E-state index in [9.17, 15) is 8.42 Å². The molecule has 0 saturated heterocycles. The van der Waals surface area contributed by atoms with Crippen molar-refractivity contribution in [1.82, 2.24) is 9.71 Å². The second-order valence-electron chi connectivity index (χ2n) is 4.67. The van der Waals surface area contributed by atoms with Crippen LogP contribution in [0.2, 0.25) is 0 Å². The summed E-state index contributed by atoms with van der Waals surface area (Å²) >= 11 is 1.54. The molecule has 1 aliphatic rings. The number of rotatable bonds is 6. The van der Waals surface area contributed by atoms with E-state index in [1.165, 1.54) is 11.3 Å². The normalized spacial score (nSPS) is 15.2. The van der Waals surface area contributed by atoms with Crippen molar-refractivity contribution in [2.24, 2.45) is 0 Å². The lowest BCUT2D eigenvalue weighted by atomic mass is 10.3. The van der Waals surface area contributed by atoms with Gasteiger partial charge in [-0.25, -0.2) is 18.1 Å². The Morgan fingerprint density at radius 2 is 2.10 bits per heavy atom. The van der Waals surface area contributed by atoms with Crippen LogP contribution in [0, 0.1) is 0 Å². The van der Waals surface area contributed by atoms with Crippen LogP contribution in [0.5, 0.6) is 0 Å². The predicted molar refractivity (Wildman–Crippen MR) is 79.2 cm³/mol. The zero-order valence-electron chi connectivity index (χ0n) is 10.7. The molecular weight excluding hydrogens is 294 g/mol. The molecule has 2 N–H and O–H groups in total. The number of benzene rings is 1. The first-order chi connectivity index (χ1) is 9.65. The van der Waals surface area contributed by atoms with E-state index in [2.05, 4.69) is 15.0 Å². The molecule has 0 spiro atoms. The van der Waals surface area contributed by atoms with Crippen LogP contribution in [0.1, 0.15) is 17.8 Å². The van der Waals surface area contributed by atoms with Gasteiger partial charge in [0.15, 0.2) is 0 Å². The number of hydrogen-bond acceptors (Lipinski definition) is 5. The first-order valence-corrected chi connectivity index (χ1v) is 8.75. The number of nitrogens with zero attached hydrogens (tertiary/aromatic N) is 1. The van der Waals surface area contributed by atoms with Crippen LogP contribution in [0.4, 0.5) is 5.69 Å². The molecule has 1 fully saturated rings. The lowest BCUT2D eigenvalue weighted by Gasteiger charge is -2.12. The van der Waals surface area contributed by atoms with E-state index in [4.69, 9.17) is 0 Å². The third-order valence-corrected chi connectivity index (χ3v) is 5.35. The van der Waals surface area contributed by atoms with Crippen LogP contribution in [0.3, 0.4) is 0 Å². The summed E-state index contributed by atoms with van der Waals surface area (Å²) in [5, 5.41) is 5.96. The van der Waals surface area contributed by atoms with Crippen molar-refractivity contribution in [1.29, 1.82) is 0 Å². The Bertz CT molecular complexity index is 679. The zero-order chi connectivity index (χ0) is 14.0. The molecule has 20 heavy (non-hydrogen) atoms. The van der Waals surface area contributed by atoms with Gasteiger partial charge >= 0.3 is 0 Å². The highest BCUT2D eigenvalue weighted by atomic mass is 32.2. The van der Waals surface area contributed by atoms with E-state index < -0.39 is 10.0 Å². The average molecular weight is 309 g/mol. The summed E-state index contributed by atoms with van der Waals surface area (Å²) < 4.78 is 27.3. The molecule has 0 aliphatic heterocycles. The highest BCUT2D eigenvalue weighted by Crippen LogP contribution is 2.26. The van der Waals surface area contributed by atoms with Gasteiger partial charge < -0.3 is 5.32 Å². The van der Waals surface area contributed by atoms with E-state index in [-0.39, 0.29) is 6.04 Å². The smallest absolute Gasteiger partial charge is 0.242 e. The molecule has 5 nitrogen and oxygen atoms in total. The van der Waals surface area contributed by atoms with Crippen LogP contribution in [0.15, 0.2) is 40.7 Å². The maximum atomic E-state index is 12.3. The first kappa shape index (κ1) is 13.5. The predicted octanol–water partition coefficient (Wildman–Crippen LogP) is 2.20. The Balaban J connectivity index is 1.80. The highest BCUT2D eigenvalue weighted by molar-refractivity contribution is 7.89. The van der Waals surface area contributed by atoms with Crippen molar-refractivity contribution < 1.29 is 8.42 Å². The first-order valence-electron chi connectivity index (χ1n) is 6.39. The minimum absolute atomic E-state index is 0.104. The summed E-state index contributed by atoms with van der Waals surface area (Å²) in [6, 6.07) is 7.05. The van der Waals surface area contributed by atoms with Gasteiger partial charge in [-0.15, -0.1) is 11.3 Å². The minimum atomic E-state index is -3.45. The fourth-order valence-electron chi connectivity index (χ4n) is 1.84. The average Bonchev–Trinajstić information content (AvgIpc) is 3.07. The van der Waals surface area contributed by atoms with Crippen molar-refractivity contribution in [2.75, 3.05) is 5.32 Å². The van der Waals surface area contributed by atoms with Crippen molar-refractivity contribution in [3.63, 3.8) is 0 Å². The van der Waals surface area contributed by atoms with Crippen LogP contribution in [0.25, 0.3) is 0 Å². The Labute approximate surface area is 122 Å². The van der Waals surface area contributed by atoms with Gasteiger partial charge in [0.1, 0.15) is 9.90 Å². The number of para-hydroxylation sites is 1. The topological polar surface area (TPSA) is 71.1 Å². The van der Waals surface area contributed by atoms with Gasteiger partial charge in [-0.05, 0) is 25.0 Å². The number of thiazole rings is 1. The molecule has 106 valence electrons. The second-order valence-corrected chi connectivity index (χ2v) is 7.33. The van der Waals surface area contributed by atoms with Gasteiger partial charge in [-0.3, -0.25) is 0 Å². The molecule has 0 atom stereocenters. The zero-order valence-corrected chi connectivity index (χ0v) is 12.4. The lowest BCUT2D eigenvalue weighted by Crippen LogP contribution is -2.26. The fraction of sp³-hybridized carbons (Fsp3) is 0.308. The van der Waals surface area contributed by atoms with E-state index in [1.807, 2.05) is 11.4 Å². The molecule has 0 radical (unpaired) electrons. The quantitative estimate of drug-likeness (QED) is 0.858. The molecule has 7 heteroatoms. The Morgan fingerprint density at radius 3 is 2.80 bits per heavy atom. The number of anilines is 1. The summed E-state index contributed by atoms with van der Waals surface area (Å²) in [4.78, 5) is 4.47. The summed E-state index contributed by atoms with van der Waals surface area (Å²) in [6.45, 7) is 0.521. The summed E-state index contributed by atoms with van der Waals surface area (Å²) in [5.41, 5.74) is 0.607. The minimum Gasteiger partial charge on any atom is -0.377 e. The van der Waals surface area contributed by atoms with Gasteiger partial charge in [0.25, 0.3) is 0 Å². The molecule has 1 saturated carbocycles. The molecule has 0 amide bonds. The monoisotopic (exact) mass is 309 g/mol. The second kappa shape index (κ2) is 5.51. The van der Waals surface area contributed by atoms with Gasteiger partial charge in [-0.2, -0.15) is 0 Å². The van der Waals surface area contributed by atoms with Crippen LogP contribution in [-0.4, -0.2) is 19.4 Å². The lowest BCUT2D eigenvalue weighted by molar-refractivity contribution is 0.581. The van der Waals surface area contributed by atoms with E-state index in [1.54, 1.807) is 24.4 Å². The van der Waals surface area contributed by atoms with Crippen LogP contribution in [-0.2, 0) is 16.6 Å². The summed E-state index contributed by atoms with van der Waals surface area (Å²) in [6.07, 6.45) is 3.58. The van der Waals surface area contributed by atoms with Gasteiger partial charge in [0, 0.05) is 17.6 Å². The van der Waals surface area contributed by atoms with Crippen molar-refractivity contribution >= 4 is 27.0 Å². The SMILES string of the molecule is O=S(=O)(NC1CC1)c1ccccc1NCc1nccs1. The molecule has 1 heterocycles. The van der Waals surface area contributed by atoms with Crippen molar-refractivity contribution in [3.05, 3.63) is 40.8 Å². The molecule has 0 unspecified atom stereocenters. The molecule has 3 rings (SSSR count). The fourth-order valence-corrected chi connectivity index (χ4v) is 3.89. The van der Waals surface area contributed by atoms with Gasteiger partial charge in [0.2, 0.25) is 10.0 Å². The number of sulfonamides is 1. The Hall–Kier alpha value is -1.44. The van der Waals surface area contributed by atoms with Crippen LogP contribution >= 0.6 is 11.3 Å².